The summed E-state index contributed by atoms with van der Waals surface area (Å²) in [6.45, 7) is 11.2. The van der Waals surface area contributed by atoms with Gasteiger partial charge in [0.15, 0.2) is 0 Å². The number of nitrogens with zero attached hydrogens (tertiary/aromatic N) is 2. The van der Waals surface area contributed by atoms with Crippen LogP contribution in [-0.2, 0) is 0 Å². The Labute approximate surface area is 123 Å². The largest absolute Gasteiger partial charge is 0.395 e. The third-order valence-electron chi connectivity index (χ3n) is 4.55. The minimum atomic E-state index is -0.00168. The smallest absolute Gasteiger partial charge is 0.0558 e. The Morgan fingerprint density at radius 3 is 1.70 bits per heavy atom. The molecule has 1 fully saturated rings. The maximum atomic E-state index is 9.31. The van der Waals surface area contributed by atoms with Crippen LogP contribution in [0.3, 0.4) is 0 Å². The van der Waals surface area contributed by atoms with Gasteiger partial charge in [0.05, 0.1) is 19.8 Å². The van der Waals surface area contributed by atoms with Crippen LogP contribution >= 0.6 is 0 Å². The van der Waals surface area contributed by atoms with Gasteiger partial charge in [0.2, 0.25) is 0 Å². The van der Waals surface area contributed by atoms with E-state index in [4.69, 9.17) is 0 Å². The van der Waals surface area contributed by atoms with Crippen molar-refractivity contribution in [2.45, 2.75) is 57.7 Å². The molecule has 1 heterocycles. The average molecular weight is 288 g/mol. The number of hydrogen-bond acceptors (Lipinski definition) is 5. The summed E-state index contributed by atoms with van der Waals surface area (Å²) in [6, 6.07) is 0.356. The van der Waals surface area contributed by atoms with Gasteiger partial charge in [-0.25, -0.2) is 0 Å². The lowest BCUT2D eigenvalue weighted by Gasteiger charge is -2.57. The number of likely N-dealkylation sites (tertiary alicyclic amines) is 1. The van der Waals surface area contributed by atoms with Crippen LogP contribution in [0, 0.1) is 0 Å². The number of hydrogen-bond donors (Lipinski definition) is 3. The lowest BCUT2D eigenvalue weighted by molar-refractivity contribution is -0.0749. The molecule has 20 heavy (non-hydrogen) atoms. The molecule has 5 heteroatoms. The van der Waals surface area contributed by atoms with E-state index in [1.165, 1.54) is 0 Å². The predicted octanol–water partition coefficient (Wildman–Crippen LogP) is 0.287. The Morgan fingerprint density at radius 2 is 1.35 bits per heavy atom. The fourth-order valence-electron chi connectivity index (χ4n) is 3.96. The standard InChI is InChI=1S/C15H32N2O3/c1-14(2)11-13(16(5-8-18)6-9-19)12-15(3,4)17(14)7-10-20/h13,18-20H,5-12H2,1-4H3. The molecule has 0 saturated carbocycles. The third kappa shape index (κ3) is 4.15. The van der Waals surface area contributed by atoms with Crippen LogP contribution in [0.4, 0.5) is 0 Å². The summed E-state index contributed by atoms with van der Waals surface area (Å²) < 4.78 is 0. The summed E-state index contributed by atoms with van der Waals surface area (Å²) in [7, 11) is 0. The number of rotatable bonds is 7. The monoisotopic (exact) mass is 288 g/mol. The first-order chi connectivity index (χ1) is 9.28. The molecule has 0 aliphatic carbocycles. The first-order valence-corrected chi connectivity index (χ1v) is 7.63. The SMILES string of the molecule is CC1(C)CC(N(CCO)CCO)CC(C)(C)N1CCO. The molecule has 0 bridgehead atoms. The van der Waals surface area contributed by atoms with E-state index in [1.54, 1.807) is 0 Å². The van der Waals surface area contributed by atoms with Crippen LogP contribution in [0.1, 0.15) is 40.5 Å². The van der Waals surface area contributed by atoms with Crippen molar-refractivity contribution in [3.05, 3.63) is 0 Å². The molecule has 0 aromatic heterocycles. The first kappa shape index (κ1) is 17.9. The molecule has 120 valence electrons. The lowest BCUT2D eigenvalue weighted by Crippen LogP contribution is -2.65. The Kier molecular flexibility index (Phi) is 6.41. The molecule has 1 saturated heterocycles. The molecule has 1 aliphatic rings. The molecule has 3 N–H and O–H groups in total. The summed E-state index contributed by atoms with van der Waals surface area (Å²) >= 11 is 0. The van der Waals surface area contributed by atoms with Crippen molar-refractivity contribution in [3.63, 3.8) is 0 Å². The van der Waals surface area contributed by atoms with E-state index >= 15 is 0 Å². The highest BCUT2D eigenvalue weighted by Crippen LogP contribution is 2.39. The van der Waals surface area contributed by atoms with Crippen molar-refractivity contribution in [1.82, 2.24) is 9.80 Å². The van der Waals surface area contributed by atoms with Crippen molar-refractivity contribution in [1.29, 1.82) is 0 Å². The first-order valence-electron chi connectivity index (χ1n) is 7.63. The zero-order valence-electron chi connectivity index (χ0n) is 13.5. The third-order valence-corrected chi connectivity index (χ3v) is 4.55. The maximum absolute atomic E-state index is 9.31. The highest BCUT2D eigenvalue weighted by atomic mass is 16.3. The van der Waals surface area contributed by atoms with Gasteiger partial charge in [-0.2, -0.15) is 0 Å². The molecule has 0 aromatic carbocycles. The van der Waals surface area contributed by atoms with Gasteiger partial charge in [-0.05, 0) is 40.5 Å². The van der Waals surface area contributed by atoms with E-state index in [9.17, 15) is 15.3 Å². The topological polar surface area (TPSA) is 67.2 Å². The maximum Gasteiger partial charge on any atom is 0.0558 e. The summed E-state index contributed by atoms with van der Waals surface area (Å²) in [4.78, 5) is 4.58. The number of β-amino-alcohol motifs (C(OH)–C–C–N with tert-alkyl or cyclic N) is 1. The van der Waals surface area contributed by atoms with Crippen molar-refractivity contribution in [3.8, 4) is 0 Å². The summed E-state index contributed by atoms with van der Waals surface area (Å²) in [5.74, 6) is 0. The van der Waals surface area contributed by atoms with E-state index < -0.39 is 0 Å². The highest BCUT2D eigenvalue weighted by Gasteiger charge is 2.46. The molecule has 1 aliphatic heterocycles. The molecule has 1 rings (SSSR count). The van der Waals surface area contributed by atoms with E-state index in [-0.39, 0.29) is 30.9 Å². The van der Waals surface area contributed by atoms with Gasteiger partial charge < -0.3 is 15.3 Å². The second-order valence-electron chi connectivity index (χ2n) is 7.05. The fraction of sp³-hybridized carbons (Fsp3) is 1.00. The molecule has 0 unspecified atom stereocenters. The predicted molar refractivity (Wildman–Crippen MR) is 80.7 cm³/mol. The van der Waals surface area contributed by atoms with Gasteiger partial charge in [0.1, 0.15) is 0 Å². The molecule has 0 radical (unpaired) electrons. The Bertz CT molecular complexity index is 271. The number of piperidine rings is 1. The molecule has 0 atom stereocenters. The minimum absolute atomic E-state index is 0.00168. The van der Waals surface area contributed by atoms with Gasteiger partial charge in [-0.15, -0.1) is 0 Å². The van der Waals surface area contributed by atoms with Crippen LogP contribution in [0.25, 0.3) is 0 Å². The normalized spacial score (nSPS) is 23.4. The Balaban J connectivity index is 2.88. The molecular weight excluding hydrogens is 256 g/mol. The van der Waals surface area contributed by atoms with E-state index in [1.807, 2.05) is 0 Å². The second kappa shape index (κ2) is 7.18. The van der Waals surface area contributed by atoms with Crippen molar-refractivity contribution in [2.24, 2.45) is 0 Å². The van der Waals surface area contributed by atoms with E-state index in [2.05, 4.69) is 37.5 Å². The van der Waals surface area contributed by atoms with Gasteiger partial charge in [0, 0.05) is 36.8 Å². The quantitative estimate of drug-likeness (QED) is 0.628. The van der Waals surface area contributed by atoms with Crippen LogP contribution in [0.5, 0.6) is 0 Å². The van der Waals surface area contributed by atoms with Crippen molar-refractivity contribution in [2.75, 3.05) is 39.5 Å². The van der Waals surface area contributed by atoms with E-state index in [0.29, 0.717) is 25.7 Å². The Morgan fingerprint density at radius 1 is 0.900 bits per heavy atom. The van der Waals surface area contributed by atoms with Crippen molar-refractivity contribution >= 4 is 0 Å². The Hall–Kier alpha value is -0.200. The van der Waals surface area contributed by atoms with Gasteiger partial charge in [-0.1, -0.05) is 0 Å². The molecule has 5 nitrogen and oxygen atoms in total. The highest BCUT2D eigenvalue weighted by molar-refractivity contribution is 5.02. The molecule has 0 aromatic rings. The summed E-state index contributed by atoms with van der Waals surface area (Å²) in [5.41, 5.74) is -0.00336. The lowest BCUT2D eigenvalue weighted by atomic mass is 9.76. The zero-order chi connectivity index (χ0) is 15.4. The number of aliphatic hydroxyl groups is 3. The average Bonchev–Trinajstić information content (AvgIpc) is 2.32. The van der Waals surface area contributed by atoms with Gasteiger partial charge in [0.25, 0.3) is 0 Å². The van der Waals surface area contributed by atoms with Crippen LogP contribution in [0.15, 0.2) is 0 Å². The fourth-order valence-corrected chi connectivity index (χ4v) is 3.96. The number of aliphatic hydroxyl groups excluding tert-OH is 3. The molecule has 0 spiro atoms. The van der Waals surface area contributed by atoms with Crippen LogP contribution in [-0.4, -0.2) is 81.7 Å². The molecule has 0 amide bonds. The van der Waals surface area contributed by atoms with Gasteiger partial charge >= 0.3 is 0 Å². The van der Waals surface area contributed by atoms with Crippen LogP contribution < -0.4 is 0 Å². The summed E-state index contributed by atoms with van der Waals surface area (Å²) in [5, 5.41) is 27.8. The van der Waals surface area contributed by atoms with E-state index in [0.717, 1.165) is 12.8 Å². The zero-order valence-corrected chi connectivity index (χ0v) is 13.5. The van der Waals surface area contributed by atoms with Crippen molar-refractivity contribution < 1.29 is 15.3 Å². The van der Waals surface area contributed by atoms with Crippen LogP contribution in [0.2, 0.25) is 0 Å². The second-order valence-corrected chi connectivity index (χ2v) is 7.05. The summed E-state index contributed by atoms with van der Waals surface area (Å²) in [6.07, 6.45) is 1.97. The minimum Gasteiger partial charge on any atom is -0.395 e. The molecular formula is C15H32N2O3. The van der Waals surface area contributed by atoms with Gasteiger partial charge in [-0.3, -0.25) is 9.80 Å².